The molecule has 0 unspecified atom stereocenters. The van der Waals surface area contributed by atoms with Gasteiger partial charge in [-0.25, -0.2) is 0 Å². The number of nitrogens with one attached hydrogen (secondary N) is 1. The molecule has 1 saturated heterocycles. The number of hydrogen-bond donors (Lipinski definition) is 2. The summed E-state index contributed by atoms with van der Waals surface area (Å²) in [6.45, 7) is 0.765. The summed E-state index contributed by atoms with van der Waals surface area (Å²) >= 11 is 0. The molecule has 0 aromatic heterocycles. The van der Waals surface area contributed by atoms with Gasteiger partial charge in [0.05, 0.1) is 0 Å². The standard InChI is InChI=1S/C11H13NO2/c13-11(14)10-6-9(7-12-10)8-4-2-1-3-5-8/h1-5,9-10,12H,6-7H2,(H,13,14)/t9-,10+/m1/s1. The Kier molecular flexibility index (Phi) is 2.50. The Morgan fingerprint density at radius 1 is 1.36 bits per heavy atom. The van der Waals surface area contributed by atoms with Crippen LogP contribution in [0.25, 0.3) is 0 Å². The van der Waals surface area contributed by atoms with Crippen molar-refractivity contribution in [1.29, 1.82) is 0 Å². The lowest BCUT2D eigenvalue weighted by molar-refractivity contribution is -0.139. The second kappa shape index (κ2) is 3.80. The largest absolute Gasteiger partial charge is 0.480 e. The van der Waals surface area contributed by atoms with E-state index in [4.69, 9.17) is 5.11 Å². The van der Waals surface area contributed by atoms with Crippen LogP contribution in [0.4, 0.5) is 0 Å². The molecule has 3 heteroatoms. The van der Waals surface area contributed by atoms with Gasteiger partial charge in [0, 0.05) is 6.54 Å². The molecule has 1 aromatic rings. The van der Waals surface area contributed by atoms with Gasteiger partial charge in [-0.05, 0) is 17.9 Å². The third kappa shape index (κ3) is 1.77. The number of aliphatic carboxylic acids is 1. The monoisotopic (exact) mass is 191 g/mol. The SMILES string of the molecule is O=C(O)[C@@H]1C[C@@H](c2ccccc2)CN1. The first-order valence-corrected chi connectivity index (χ1v) is 4.78. The molecule has 0 aliphatic carbocycles. The van der Waals surface area contributed by atoms with Crippen molar-refractivity contribution in [2.45, 2.75) is 18.4 Å². The van der Waals surface area contributed by atoms with Crippen LogP contribution in [0.3, 0.4) is 0 Å². The van der Waals surface area contributed by atoms with E-state index in [2.05, 4.69) is 17.4 Å². The Hall–Kier alpha value is -1.35. The van der Waals surface area contributed by atoms with Crippen molar-refractivity contribution in [1.82, 2.24) is 5.32 Å². The molecular formula is C11H13NO2. The lowest BCUT2D eigenvalue weighted by Crippen LogP contribution is -2.29. The maximum absolute atomic E-state index is 10.7. The van der Waals surface area contributed by atoms with Crippen LogP contribution in [0.1, 0.15) is 17.9 Å². The van der Waals surface area contributed by atoms with Crippen molar-refractivity contribution < 1.29 is 9.90 Å². The zero-order valence-corrected chi connectivity index (χ0v) is 7.81. The van der Waals surface area contributed by atoms with Gasteiger partial charge < -0.3 is 10.4 Å². The second-order valence-corrected chi connectivity index (χ2v) is 3.64. The van der Waals surface area contributed by atoms with Gasteiger partial charge in [0.2, 0.25) is 0 Å². The van der Waals surface area contributed by atoms with E-state index < -0.39 is 5.97 Å². The Labute approximate surface area is 82.8 Å². The highest BCUT2D eigenvalue weighted by molar-refractivity contribution is 5.74. The van der Waals surface area contributed by atoms with E-state index in [-0.39, 0.29) is 6.04 Å². The molecule has 14 heavy (non-hydrogen) atoms. The number of rotatable bonds is 2. The molecule has 1 aliphatic heterocycles. The molecule has 74 valence electrons. The first kappa shape index (κ1) is 9.21. The maximum Gasteiger partial charge on any atom is 0.320 e. The van der Waals surface area contributed by atoms with Crippen LogP contribution in [0.2, 0.25) is 0 Å². The summed E-state index contributed by atoms with van der Waals surface area (Å²) in [5.74, 6) is -0.402. The maximum atomic E-state index is 10.7. The van der Waals surface area contributed by atoms with Gasteiger partial charge in [-0.15, -0.1) is 0 Å². The van der Waals surface area contributed by atoms with Crippen LogP contribution in [0.15, 0.2) is 30.3 Å². The summed E-state index contributed by atoms with van der Waals surface area (Å²) in [5.41, 5.74) is 1.23. The highest BCUT2D eigenvalue weighted by atomic mass is 16.4. The van der Waals surface area contributed by atoms with Gasteiger partial charge in [-0.3, -0.25) is 4.79 Å². The number of carbonyl (C=O) groups is 1. The number of carboxylic acid groups (broad SMARTS) is 1. The number of carboxylic acids is 1. The zero-order valence-electron chi connectivity index (χ0n) is 7.81. The van der Waals surface area contributed by atoms with E-state index in [0.717, 1.165) is 6.54 Å². The first-order valence-electron chi connectivity index (χ1n) is 4.78. The third-order valence-electron chi connectivity index (χ3n) is 2.70. The minimum absolute atomic E-state index is 0.345. The molecule has 2 N–H and O–H groups in total. The topological polar surface area (TPSA) is 49.3 Å². The molecule has 3 nitrogen and oxygen atoms in total. The summed E-state index contributed by atoms with van der Waals surface area (Å²) < 4.78 is 0. The van der Waals surface area contributed by atoms with Crippen molar-refractivity contribution in [3.05, 3.63) is 35.9 Å². The van der Waals surface area contributed by atoms with Gasteiger partial charge >= 0.3 is 5.97 Å². The van der Waals surface area contributed by atoms with Gasteiger partial charge in [-0.1, -0.05) is 30.3 Å². The average Bonchev–Trinajstić information content (AvgIpc) is 2.68. The van der Waals surface area contributed by atoms with Gasteiger partial charge in [0.25, 0.3) is 0 Å². The smallest absolute Gasteiger partial charge is 0.320 e. The molecule has 1 fully saturated rings. The highest BCUT2D eigenvalue weighted by Gasteiger charge is 2.29. The molecule has 0 radical (unpaired) electrons. The molecular weight excluding hydrogens is 178 g/mol. The Morgan fingerprint density at radius 2 is 2.07 bits per heavy atom. The van der Waals surface area contributed by atoms with E-state index in [9.17, 15) is 4.79 Å². The van der Waals surface area contributed by atoms with Crippen LogP contribution in [0, 0.1) is 0 Å². The quantitative estimate of drug-likeness (QED) is 0.738. The summed E-state index contributed by atoms with van der Waals surface area (Å²) in [5, 5.41) is 11.8. The van der Waals surface area contributed by atoms with E-state index in [1.54, 1.807) is 0 Å². The molecule has 0 spiro atoms. The van der Waals surface area contributed by atoms with Crippen LogP contribution < -0.4 is 5.32 Å². The van der Waals surface area contributed by atoms with Crippen LogP contribution in [-0.4, -0.2) is 23.7 Å². The summed E-state index contributed by atoms with van der Waals surface area (Å²) in [7, 11) is 0. The van der Waals surface area contributed by atoms with Gasteiger partial charge in [0.1, 0.15) is 6.04 Å². The van der Waals surface area contributed by atoms with E-state index in [1.807, 2.05) is 18.2 Å². The summed E-state index contributed by atoms with van der Waals surface area (Å²) in [6, 6.07) is 9.68. The fourth-order valence-corrected chi connectivity index (χ4v) is 1.90. The minimum Gasteiger partial charge on any atom is -0.480 e. The first-order chi connectivity index (χ1) is 6.77. The molecule has 0 saturated carbocycles. The van der Waals surface area contributed by atoms with Crippen molar-refractivity contribution in [3.63, 3.8) is 0 Å². The van der Waals surface area contributed by atoms with Gasteiger partial charge in [-0.2, -0.15) is 0 Å². The Morgan fingerprint density at radius 3 is 2.64 bits per heavy atom. The second-order valence-electron chi connectivity index (χ2n) is 3.64. The molecule has 0 bridgehead atoms. The highest BCUT2D eigenvalue weighted by Crippen LogP contribution is 2.25. The molecule has 2 atom stereocenters. The fraction of sp³-hybridized carbons (Fsp3) is 0.364. The fourth-order valence-electron chi connectivity index (χ4n) is 1.90. The van der Waals surface area contributed by atoms with E-state index in [1.165, 1.54) is 5.56 Å². The van der Waals surface area contributed by atoms with Crippen molar-refractivity contribution in [3.8, 4) is 0 Å². The van der Waals surface area contributed by atoms with Crippen LogP contribution >= 0.6 is 0 Å². The average molecular weight is 191 g/mol. The lowest BCUT2D eigenvalue weighted by Gasteiger charge is -2.07. The normalized spacial score (nSPS) is 26.3. The molecule has 1 heterocycles. The molecule has 2 rings (SSSR count). The van der Waals surface area contributed by atoms with Gasteiger partial charge in [0.15, 0.2) is 0 Å². The predicted octanol–water partition coefficient (Wildman–Crippen LogP) is 1.22. The van der Waals surface area contributed by atoms with Crippen LogP contribution in [0.5, 0.6) is 0 Å². The van der Waals surface area contributed by atoms with Crippen molar-refractivity contribution in [2.75, 3.05) is 6.54 Å². The van der Waals surface area contributed by atoms with Crippen molar-refractivity contribution >= 4 is 5.97 Å². The number of hydrogen-bond acceptors (Lipinski definition) is 2. The Bertz CT molecular complexity index is 323. The van der Waals surface area contributed by atoms with Crippen LogP contribution in [-0.2, 0) is 4.79 Å². The number of benzene rings is 1. The minimum atomic E-state index is -0.747. The summed E-state index contributed by atoms with van der Waals surface area (Å²) in [6.07, 6.45) is 0.694. The predicted molar refractivity (Wildman–Crippen MR) is 53.2 cm³/mol. The zero-order chi connectivity index (χ0) is 9.97. The summed E-state index contributed by atoms with van der Waals surface area (Å²) in [4.78, 5) is 10.7. The van der Waals surface area contributed by atoms with E-state index >= 15 is 0 Å². The third-order valence-corrected chi connectivity index (χ3v) is 2.70. The molecule has 1 aromatic carbocycles. The lowest BCUT2D eigenvalue weighted by atomic mass is 9.96. The molecule has 0 amide bonds. The van der Waals surface area contributed by atoms with Crippen molar-refractivity contribution in [2.24, 2.45) is 0 Å². The Balaban J connectivity index is 2.06. The molecule has 1 aliphatic rings. The van der Waals surface area contributed by atoms with E-state index in [0.29, 0.717) is 12.3 Å².